The van der Waals surface area contributed by atoms with E-state index in [-0.39, 0.29) is 5.82 Å². The normalized spacial score (nSPS) is 10.2. The Bertz CT molecular complexity index is 242. The minimum atomic E-state index is -0.277. The lowest BCUT2D eigenvalue weighted by atomic mass is 10.3. The smallest absolute Gasteiger partial charge is 0.141 e. The Kier molecular flexibility index (Phi) is 4.04. The minimum Gasteiger partial charge on any atom is -0.330 e. The summed E-state index contributed by atoms with van der Waals surface area (Å²) in [6.07, 6.45) is 2.88. The predicted molar refractivity (Wildman–Crippen MR) is 49.4 cm³/mol. The molecular weight excluding hydrogens is 175 g/mol. The average Bonchev–Trinajstić information content (AvgIpc) is 2.05. The maximum atomic E-state index is 12.6. The summed E-state index contributed by atoms with van der Waals surface area (Å²) in [6.45, 7) is 0.660. The number of rotatable bonds is 4. The molecule has 0 radical (unpaired) electrons. The van der Waals surface area contributed by atoms with E-state index in [1.165, 1.54) is 12.3 Å². The van der Waals surface area contributed by atoms with E-state index in [0.717, 1.165) is 17.1 Å². The molecule has 0 spiro atoms. The van der Waals surface area contributed by atoms with E-state index in [2.05, 4.69) is 4.98 Å². The molecule has 12 heavy (non-hydrogen) atoms. The number of halogens is 1. The summed E-state index contributed by atoms with van der Waals surface area (Å²) in [5.74, 6) is 1.40. The predicted octanol–water partition coefficient (Wildman–Crippen LogP) is 1.41. The molecule has 0 aliphatic rings. The highest BCUT2D eigenvalue weighted by Gasteiger charge is 1.95. The zero-order chi connectivity index (χ0) is 8.81. The van der Waals surface area contributed by atoms with Crippen LogP contribution in [0.3, 0.4) is 0 Å². The third kappa shape index (κ3) is 3.19. The van der Waals surface area contributed by atoms with Gasteiger partial charge < -0.3 is 5.73 Å². The van der Waals surface area contributed by atoms with Crippen molar-refractivity contribution in [1.29, 1.82) is 0 Å². The molecule has 0 aliphatic heterocycles. The molecule has 0 saturated carbocycles. The van der Waals surface area contributed by atoms with Crippen molar-refractivity contribution in [3.05, 3.63) is 29.8 Å². The quantitative estimate of drug-likeness (QED) is 0.723. The number of hydrogen-bond donors (Lipinski definition) is 1. The maximum Gasteiger partial charge on any atom is 0.141 e. The van der Waals surface area contributed by atoms with Crippen molar-refractivity contribution in [3.63, 3.8) is 0 Å². The first kappa shape index (κ1) is 9.48. The van der Waals surface area contributed by atoms with Gasteiger partial charge in [-0.25, -0.2) is 4.39 Å². The molecule has 0 bridgehead atoms. The summed E-state index contributed by atoms with van der Waals surface area (Å²) in [5.41, 5.74) is 6.22. The first-order valence-electron chi connectivity index (χ1n) is 3.70. The second-order valence-corrected chi connectivity index (χ2v) is 3.46. The second kappa shape index (κ2) is 5.11. The SMILES string of the molecule is NCCSCc1cncc(F)c1. The number of pyridine rings is 1. The molecule has 0 aliphatic carbocycles. The van der Waals surface area contributed by atoms with Crippen LogP contribution in [0.1, 0.15) is 5.56 Å². The molecule has 0 amide bonds. The highest BCUT2D eigenvalue weighted by Crippen LogP contribution is 2.10. The lowest BCUT2D eigenvalue weighted by molar-refractivity contribution is 0.619. The number of nitrogens with zero attached hydrogens (tertiary/aromatic N) is 1. The van der Waals surface area contributed by atoms with Crippen LogP contribution in [-0.4, -0.2) is 17.3 Å². The molecular formula is C8H11FN2S. The average molecular weight is 186 g/mol. The first-order valence-corrected chi connectivity index (χ1v) is 4.85. The van der Waals surface area contributed by atoms with Gasteiger partial charge in [0, 0.05) is 24.2 Å². The Morgan fingerprint density at radius 3 is 3.00 bits per heavy atom. The Morgan fingerprint density at radius 2 is 2.33 bits per heavy atom. The van der Waals surface area contributed by atoms with Gasteiger partial charge in [-0.05, 0) is 11.6 Å². The lowest BCUT2D eigenvalue weighted by Gasteiger charge is -1.98. The van der Waals surface area contributed by atoms with E-state index >= 15 is 0 Å². The fourth-order valence-electron chi connectivity index (χ4n) is 0.808. The summed E-state index contributed by atoms with van der Waals surface area (Å²) >= 11 is 1.68. The summed E-state index contributed by atoms with van der Waals surface area (Å²) in [4.78, 5) is 3.74. The molecule has 1 heterocycles. The summed E-state index contributed by atoms with van der Waals surface area (Å²) in [6, 6.07) is 1.50. The molecule has 2 N–H and O–H groups in total. The van der Waals surface area contributed by atoms with Crippen LogP contribution in [0.15, 0.2) is 18.5 Å². The maximum absolute atomic E-state index is 12.6. The minimum absolute atomic E-state index is 0.277. The standard InChI is InChI=1S/C8H11FN2S/c9-8-3-7(4-11-5-8)6-12-2-1-10/h3-5H,1-2,6,10H2. The van der Waals surface area contributed by atoms with Crippen molar-refractivity contribution in [1.82, 2.24) is 4.98 Å². The van der Waals surface area contributed by atoms with E-state index in [1.807, 2.05) is 0 Å². The Hall–Kier alpha value is -0.610. The van der Waals surface area contributed by atoms with Crippen molar-refractivity contribution < 1.29 is 4.39 Å². The molecule has 0 saturated heterocycles. The van der Waals surface area contributed by atoms with Gasteiger partial charge in [-0.15, -0.1) is 0 Å². The molecule has 0 unspecified atom stereocenters. The van der Waals surface area contributed by atoms with Crippen LogP contribution in [0, 0.1) is 5.82 Å². The lowest BCUT2D eigenvalue weighted by Crippen LogP contribution is -2.01. The Balaban J connectivity index is 2.41. The molecule has 0 aromatic carbocycles. The highest BCUT2D eigenvalue weighted by molar-refractivity contribution is 7.98. The highest BCUT2D eigenvalue weighted by atomic mass is 32.2. The zero-order valence-corrected chi connectivity index (χ0v) is 7.48. The van der Waals surface area contributed by atoms with Crippen molar-refractivity contribution in [2.75, 3.05) is 12.3 Å². The van der Waals surface area contributed by atoms with Crippen molar-refractivity contribution in [2.45, 2.75) is 5.75 Å². The van der Waals surface area contributed by atoms with Crippen LogP contribution >= 0.6 is 11.8 Å². The van der Waals surface area contributed by atoms with Crippen molar-refractivity contribution in [2.24, 2.45) is 5.73 Å². The van der Waals surface area contributed by atoms with Gasteiger partial charge >= 0.3 is 0 Å². The Labute approximate surface area is 75.4 Å². The summed E-state index contributed by atoms with van der Waals surface area (Å²) in [7, 11) is 0. The van der Waals surface area contributed by atoms with Crippen LogP contribution in [0.5, 0.6) is 0 Å². The van der Waals surface area contributed by atoms with Gasteiger partial charge in [0.15, 0.2) is 0 Å². The molecule has 66 valence electrons. The molecule has 1 aromatic heterocycles. The number of hydrogen-bond acceptors (Lipinski definition) is 3. The number of aromatic nitrogens is 1. The van der Waals surface area contributed by atoms with E-state index < -0.39 is 0 Å². The summed E-state index contributed by atoms with van der Waals surface area (Å²) < 4.78 is 12.6. The van der Waals surface area contributed by atoms with Crippen LogP contribution in [0.4, 0.5) is 4.39 Å². The van der Waals surface area contributed by atoms with E-state index in [1.54, 1.807) is 18.0 Å². The first-order chi connectivity index (χ1) is 5.83. The van der Waals surface area contributed by atoms with Crippen LogP contribution < -0.4 is 5.73 Å². The van der Waals surface area contributed by atoms with Gasteiger partial charge in [0.1, 0.15) is 5.82 Å². The molecule has 4 heteroatoms. The molecule has 1 rings (SSSR count). The molecule has 0 fully saturated rings. The monoisotopic (exact) mass is 186 g/mol. The van der Waals surface area contributed by atoms with Crippen LogP contribution in [-0.2, 0) is 5.75 Å². The Morgan fingerprint density at radius 1 is 1.50 bits per heavy atom. The van der Waals surface area contributed by atoms with Crippen molar-refractivity contribution >= 4 is 11.8 Å². The molecule has 0 atom stereocenters. The fourth-order valence-corrected chi connectivity index (χ4v) is 1.51. The molecule has 1 aromatic rings. The van der Waals surface area contributed by atoms with Gasteiger partial charge in [-0.3, -0.25) is 4.98 Å². The third-order valence-corrected chi connectivity index (χ3v) is 2.35. The second-order valence-electron chi connectivity index (χ2n) is 2.35. The number of thioether (sulfide) groups is 1. The topological polar surface area (TPSA) is 38.9 Å². The van der Waals surface area contributed by atoms with Gasteiger partial charge in [0.05, 0.1) is 6.20 Å². The van der Waals surface area contributed by atoms with Gasteiger partial charge in [-0.2, -0.15) is 11.8 Å². The van der Waals surface area contributed by atoms with E-state index in [0.29, 0.717) is 6.54 Å². The zero-order valence-electron chi connectivity index (χ0n) is 6.66. The molecule has 2 nitrogen and oxygen atoms in total. The van der Waals surface area contributed by atoms with E-state index in [4.69, 9.17) is 5.73 Å². The van der Waals surface area contributed by atoms with Crippen molar-refractivity contribution in [3.8, 4) is 0 Å². The van der Waals surface area contributed by atoms with Gasteiger partial charge in [-0.1, -0.05) is 0 Å². The fraction of sp³-hybridized carbons (Fsp3) is 0.375. The van der Waals surface area contributed by atoms with Crippen LogP contribution in [0.25, 0.3) is 0 Å². The number of nitrogens with two attached hydrogens (primary N) is 1. The third-order valence-electron chi connectivity index (χ3n) is 1.29. The summed E-state index contributed by atoms with van der Waals surface area (Å²) in [5, 5.41) is 0. The van der Waals surface area contributed by atoms with Gasteiger partial charge in [0.2, 0.25) is 0 Å². The van der Waals surface area contributed by atoms with E-state index in [9.17, 15) is 4.39 Å². The largest absolute Gasteiger partial charge is 0.330 e. The van der Waals surface area contributed by atoms with Crippen LogP contribution in [0.2, 0.25) is 0 Å². The van der Waals surface area contributed by atoms with Gasteiger partial charge in [0.25, 0.3) is 0 Å².